The van der Waals surface area contributed by atoms with Gasteiger partial charge < -0.3 is 10.0 Å². The molecule has 3 nitrogen and oxygen atoms in total. The summed E-state index contributed by atoms with van der Waals surface area (Å²) in [5, 5.41) is 9.31. The van der Waals surface area contributed by atoms with Crippen LogP contribution in [-0.2, 0) is 17.4 Å². The molecule has 1 aliphatic carbocycles. The van der Waals surface area contributed by atoms with Gasteiger partial charge in [0.05, 0.1) is 18.1 Å². The highest BCUT2D eigenvalue weighted by Crippen LogP contribution is 2.49. The van der Waals surface area contributed by atoms with Crippen molar-refractivity contribution >= 4 is 5.91 Å². The maximum absolute atomic E-state index is 12.8. The van der Waals surface area contributed by atoms with E-state index in [1.165, 1.54) is 12.1 Å². The number of nitrogens with zero attached hydrogens (tertiary/aromatic N) is 1. The van der Waals surface area contributed by atoms with Crippen molar-refractivity contribution in [2.24, 2.45) is 17.3 Å². The lowest BCUT2D eigenvalue weighted by Gasteiger charge is -2.49. The number of aryl methyl sites for hydroxylation is 1. The Morgan fingerprint density at radius 3 is 2.63 bits per heavy atom. The van der Waals surface area contributed by atoms with E-state index in [-0.39, 0.29) is 23.8 Å². The molecule has 6 heteroatoms. The number of carbonyl (C=O) groups excluding carboxylic acids is 1. The minimum atomic E-state index is -4.30. The van der Waals surface area contributed by atoms with Crippen LogP contribution in [0, 0.1) is 24.2 Å². The van der Waals surface area contributed by atoms with E-state index < -0.39 is 11.7 Å². The van der Waals surface area contributed by atoms with Crippen LogP contribution in [0.3, 0.4) is 0 Å². The smallest absolute Gasteiger partial charge is 0.396 e. The van der Waals surface area contributed by atoms with E-state index in [2.05, 4.69) is 0 Å². The summed E-state index contributed by atoms with van der Waals surface area (Å²) in [6, 6.07) is 4.03. The van der Waals surface area contributed by atoms with Crippen molar-refractivity contribution in [3.05, 3.63) is 34.9 Å². The van der Waals surface area contributed by atoms with Crippen LogP contribution in [0.1, 0.15) is 49.3 Å². The Morgan fingerprint density at radius 2 is 2.07 bits per heavy atom. The number of carbonyl (C=O) groups is 1. The second-order valence-corrected chi connectivity index (χ2v) is 8.43. The van der Waals surface area contributed by atoms with E-state index in [4.69, 9.17) is 0 Å². The van der Waals surface area contributed by atoms with Gasteiger partial charge in [0.1, 0.15) is 0 Å². The zero-order chi connectivity index (χ0) is 19.8. The van der Waals surface area contributed by atoms with Gasteiger partial charge in [0.25, 0.3) is 0 Å². The first-order valence-electron chi connectivity index (χ1n) is 9.74. The molecular formula is C21H28F3NO2. The third-order valence-corrected chi connectivity index (χ3v) is 6.41. The largest absolute Gasteiger partial charge is 0.416 e. The van der Waals surface area contributed by atoms with Crippen molar-refractivity contribution in [2.75, 3.05) is 19.7 Å². The van der Waals surface area contributed by atoms with Gasteiger partial charge in [-0.15, -0.1) is 0 Å². The number of aliphatic hydroxyl groups is 1. The van der Waals surface area contributed by atoms with E-state index >= 15 is 0 Å². The number of amides is 1. The van der Waals surface area contributed by atoms with E-state index in [9.17, 15) is 23.1 Å². The molecule has 3 rings (SSSR count). The second-order valence-electron chi connectivity index (χ2n) is 8.43. The number of rotatable bonds is 5. The standard InChI is InChI=1S/C21H28F3NO2/c1-3-16(11-26)19(27)25-12-20(13-25)7-6-15(10-20)9-17-4-5-18(8-14(17)2)21(22,23)24/h4-5,8,15-16,26H,3,6-7,9-13H2,1-2H3/t15?,16-/m1/s1. The molecule has 0 aromatic heterocycles. The molecule has 1 spiro atoms. The summed E-state index contributed by atoms with van der Waals surface area (Å²) in [5.74, 6) is 0.208. The lowest BCUT2D eigenvalue weighted by molar-refractivity contribution is -0.149. The molecule has 0 radical (unpaired) electrons. The molecule has 2 aliphatic rings. The molecule has 1 saturated carbocycles. The molecule has 1 aromatic carbocycles. The summed E-state index contributed by atoms with van der Waals surface area (Å²) in [4.78, 5) is 14.2. The molecule has 1 aliphatic heterocycles. The van der Waals surface area contributed by atoms with E-state index in [0.29, 0.717) is 17.9 Å². The summed E-state index contributed by atoms with van der Waals surface area (Å²) in [6.45, 7) is 5.06. The molecule has 1 unspecified atom stereocenters. The average Bonchev–Trinajstić information content (AvgIpc) is 2.99. The van der Waals surface area contributed by atoms with Crippen LogP contribution in [0.5, 0.6) is 0 Å². The van der Waals surface area contributed by atoms with Crippen molar-refractivity contribution in [1.82, 2.24) is 4.90 Å². The Hall–Kier alpha value is -1.56. The van der Waals surface area contributed by atoms with Crippen LogP contribution in [0.2, 0.25) is 0 Å². The topological polar surface area (TPSA) is 40.5 Å². The van der Waals surface area contributed by atoms with Gasteiger partial charge in [0.15, 0.2) is 0 Å². The fourth-order valence-corrected chi connectivity index (χ4v) is 4.76. The van der Waals surface area contributed by atoms with Crippen molar-refractivity contribution in [1.29, 1.82) is 0 Å². The van der Waals surface area contributed by atoms with E-state index in [0.717, 1.165) is 44.3 Å². The molecule has 1 amide bonds. The van der Waals surface area contributed by atoms with E-state index in [1.54, 1.807) is 13.0 Å². The second kappa shape index (κ2) is 7.46. The molecule has 27 heavy (non-hydrogen) atoms. The van der Waals surface area contributed by atoms with Crippen molar-refractivity contribution in [3.63, 3.8) is 0 Å². The fourth-order valence-electron chi connectivity index (χ4n) is 4.76. The van der Waals surface area contributed by atoms with Crippen molar-refractivity contribution in [3.8, 4) is 0 Å². The zero-order valence-electron chi connectivity index (χ0n) is 16.0. The molecule has 2 atom stereocenters. The Bertz CT molecular complexity index is 691. The number of likely N-dealkylation sites (tertiary alicyclic amines) is 1. The third-order valence-electron chi connectivity index (χ3n) is 6.41. The fraction of sp³-hybridized carbons (Fsp3) is 0.667. The predicted molar refractivity (Wildman–Crippen MR) is 97.1 cm³/mol. The van der Waals surface area contributed by atoms with Crippen LogP contribution in [-0.4, -0.2) is 35.6 Å². The number of aliphatic hydroxyl groups excluding tert-OH is 1. The molecule has 1 aromatic rings. The Labute approximate surface area is 158 Å². The third kappa shape index (κ3) is 4.15. The van der Waals surface area contributed by atoms with Crippen LogP contribution in [0.15, 0.2) is 18.2 Å². The molecule has 1 heterocycles. The van der Waals surface area contributed by atoms with E-state index in [1.807, 2.05) is 11.8 Å². The van der Waals surface area contributed by atoms with Crippen LogP contribution in [0.4, 0.5) is 13.2 Å². The maximum atomic E-state index is 12.8. The van der Waals surface area contributed by atoms with Crippen molar-refractivity contribution < 1.29 is 23.1 Å². The summed E-state index contributed by atoms with van der Waals surface area (Å²) < 4.78 is 38.5. The van der Waals surface area contributed by atoms with Gasteiger partial charge in [0, 0.05) is 18.5 Å². The Morgan fingerprint density at radius 1 is 1.37 bits per heavy atom. The van der Waals surface area contributed by atoms with Gasteiger partial charge in [-0.3, -0.25) is 4.79 Å². The van der Waals surface area contributed by atoms with Gasteiger partial charge in [-0.25, -0.2) is 0 Å². The minimum Gasteiger partial charge on any atom is -0.396 e. The number of alkyl halides is 3. The molecular weight excluding hydrogens is 355 g/mol. The number of hydrogen-bond acceptors (Lipinski definition) is 2. The number of halogens is 3. The first-order chi connectivity index (χ1) is 12.7. The first kappa shape index (κ1) is 20.2. The molecule has 1 saturated heterocycles. The van der Waals surface area contributed by atoms with Gasteiger partial charge in [-0.1, -0.05) is 13.0 Å². The molecule has 2 fully saturated rings. The SMILES string of the molecule is CC[C@H](CO)C(=O)N1CC2(CCC(Cc3ccc(C(F)(F)F)cc3C)C2)C1. The van der Waals surface area contributed by atoms with Crippen LogP contribution >= 0.6 is 0 Å². The highest BCUT2D eigenvalue weighted by molar-refractivity contribution is 5.80. The predicted octanol–water partition coefficient (Wildman–Crippen LogP) is 4.20. The summed E-state index contributed by atoms with van der Waals surface area (Å²) in [5.41, 5.74) is 1.27. The normalized spacial score (nSPS) is 22.7. The maximum Gasteiger partial charge on any atom is 0.416 e. The molecule has 0 bridgehead atoms. The van der Waals surface area contributed by atoms with Gasteiger partial charge in [-0.2, -0.15) is 13.2 Å². The number of hydrogen-bond donors (Lipinski definition) is 1. The minimum absolute atomic E-state index is 0.0488. The highest BCUT2D eigenvalue weighted by atomic mass is 19.4. The summed E-state index contributed by atoms with van der Waals surface area (Å²) in [6.07, 6.45) is 0.292. The summed E-state index contributed by atoms with van der Waals surface area (Å²) in [7, 11) is 0. The Balaban J connectivity index is 1.56. The Kier molecular flexibility index (Phi) is 5.57. The van der Waals surface area contributed by atoms with Gasteiger partial charge in [-0.05, 0) is 68.2 Å². The van der Waals surface area contributed by atoms with Crippen molar-refractivity contribution in [2.45, 2.75) is 52.1 Å². The van der Waals surface area contributed by atoms with Crippen LogP contribution < -0.4 is 0 Å². The first-order valence-corrected chi connectivity index (χ1v) is 9.74. The quantitative estimate of drug-likeness (QED) is 0.828. The zero-order valence-corrected chi connectivity index (χ0v) is 16.0. The molecule has 150 valence electrons. The molecule has 1 N–H and O–H groups in total. The van der Waals surface area contributed by atoms with Gasteiger partial charge in [0.2, 0.25) is 5.91 Å². The lowest BCUT2D eigenvalue weighted by Crippen LogP contribution is -2.59. The lowest BCUT2D eigenvalue weighted by atomic mass is 9.76. The monoisotopic (exact) mass is 383 g/mol. The summed E-state index contributed by atoms with van der Waals surface area (Å²) >= 11 is 0. The van der Waals surface area contributed by atoms with Gasteiger partial charge >= 0.3 is 6.18 Å². The average molecular weight is 383 g/mol. The number of benzene rings is 1. The van der Waals surface area contributed by atoms with Crippen LogP contribution in [0.25, 0.3) is 0 Å². The highest BCUT2D eigenvalue weighted by Gasteiger charge is 2.50.